The smallest absolute Gasteiger partial charge is 0.247 e. The fraction of sp³-hybridized carbons (Fsp3) is 0.211. The van der Waals surface area contributed by atoms with Crippen LogP contribution >= 0.6 is 59.6 Å². The number of benzene rings is 2. The van der Waals surface area contributed by atoms with Crippen molar-refractivity contribution in [3.8, 4) is 28.6 Å². The summed E-state index contributed by atoms with van der Waals surface area (Å²) in [5.41, 5.74) is 2.88. The first-order valence-corrected chi connectivity index (χ1v) is 12.1. The van der Waals surface area contributed by atoms with Gasteiger partial charge in [-0.3, -0.25) is 0 Å². The summed E-state index contributed by atoms with van der Waals surface area (Å²) in [6, 6.07) is 7.51. The van der Waals surface area contributed by atoms with E-state index in [0.717, 1.165) is 21.5 Å². The van der Waals surface area contributed by atoms with Gasteiger partial charge in [0.2, 0.25) is 11.0 Å². The number of phenolic OH excluding ortho intramolecular Hbond substituents is 1. The van der Waals surface area contributed by atoms with E-state index in [4.69, 9.17) is 9.47 Å². The number of phenols is 1. The van der Waals surface area contributed by atoms with Crippen molar-refractivity contribution in [1.29, 1.82) is 0 Å². The molecule has 2 N–H and O–H groups in total. The summed E-state index contributed by atoms with van der Waals surface area (Å²) in [5, 5.41) is 22.9. The molecule has 0 amide bonds. The number of fused-ring (bicyclic) bond motifs is 3. The molecule has 0 spiro atoms. The second-order valence-electron chi connectivity index (χ2n) is 6.16. The van der Waals surface area contributed by atoms with E-state index in [1.807, 2.05) is 25.1 Å². The fourth-order valence-electron chi connectivity index (χ4n) is 2.96. The summed E-state index contributed by atoms with van der Waals surface area (Å²) >= 11 is 12.0. The maximum absolute atomic E-state index is 10.3. The zero-order chi connectivity index (χ0) is 21.4. The van der Waals surface area contributed by atoms with Crippen LogP contribution in [0.25, 0.3) is 11.3 Å². The maximum atomic E-state index is 10.3. The Morgan fingerprint density at radius 2 is 2.00 bits per heavy atom. The number of halogens is 3. The molecular weight excluding hydrogens is 604 g/mol. The molecule has 0 saturated carbocycles. The molecule has 2 heterocycles. The van der Waals surface area contributed by atoms with E-state index in [-0.39, 0.29) is 5.75 Å². The minimum absolute atomic E-state index is 0.00268. The van der Waals surface area contributed by atoms with Crippen molar-refractivity contribution in [2.45, 2.75) is 18.3 Å². The Morgan fingerprint density at radius 1 is 1.20 bits per heavy atom. The highest BCUT2D eigenvalue weighted by Gasteiger charge is 2.29. The minimum atomic E-state index is -0.637. The molecule has 0 unspecified atom stereocenters. The van der Waals surface area contributed by atoms with E-state index in [0.29, 0.717) is 37.0 Å². The van der Waals surface area contributed by atoms with Gasteiger partial charge in [-0.25, -0.2) is 0 Å². The number of ether oxygens (including phenoxy) is 2. The van der Waals surface area contributed by atoms with Crippen molar-refractivity contribution < 1.29 is 14.6 Å². The van der Waals surface area contributed by atoms with Crippen molar-refractivity contribution in [3.05, 3.63) is 43.2 Å². The average Bonchev–Trinajstić information content (AvgIpc) is 2.89. The third kappa shape index (κ3) is 4.00. The zero-order valence-electron chi connectivity index (χ0n) is 15.7. The summed E-state index contributed by atoms with van der Waals surface area (Å²) < 4.78 is 13.6. The molecule has 4 rings (SSSR count). The maximum Gasteiger partial charge on any atom is 0.247 e. The van der Waals surface area contributed by atoms with Crippen molar-refractivity contribution in [2.24, 2.45) is 0 Å². The monoisotopic (exact) mass is 616 g/mol. The molecule has 1 atom stereocenters. The van der Waals surface area contributed by atoms with E-state index < -0.39 is 6.23 Å². The van der Waals surface area contributed by atoms with Gasteiger partial charge in [0, 0.05) is 25.8 Å². The molecule has 1 aliphatic heterocycles. The second kappa shape index (κ2) is 8.89. The zero-order valence-corrected chi connectivity index (χ0v) is 21.3. The molecule has 11 heteroatoms. The lowest BCUT2D eigenvalue weighted by atomic mass is 10.1. The normalized spacial score (nSPS) is 14.8. The van der Waals surface area contributed by atoms with Crippen LogP contribution in [0.5, 0.6) is 17.4 Å². The summed E-state index contributed by atoms with van der Waals surface area (Å²) in [7, 11) is 1.49. The molecular formula is C19H15Br3N4O3S. The van der Waals surface area contributed by atoms with E-state index in [1.54, 1.807) is 6.07 Å². The Morgan fingerprint density at radius 3 is 2.73 bits per heavy atom. The largest absolute Gasteiger partial charge is 0.503 e. The third-order valence-corrected chi connectivity index (χ3v) is 7.71. The van der Waals surface area contributed by atoms with Gasteiger partial charge in [0.15, 0.2) is 23.4 Å². The predicted molar refractivity (Wildman–Crippen MR) is 126 cm³/mol. The number of aromatic hydroxyl groups is 1. The quantitative estimate of drug-likeness (QED) is 0.336. The first-order chi connectivity index (χ1) is 14.4. The number of hydrogen-bond donors (Lipinski definition) is 2. The highest BCUT2D eigenvalue weighted by atomic mass is 79.9. The number of thioether (sulfide) groups is 1. The molecule has 2 aromatic carbocycles. The molecule has 0 radical (unpaired) electrons. The van der Waals surface area contributed by atoms with Crippen LogP contribution in [-0.2, 0) is 0 Å². The van der Waals surface area contributed by atoms with Crippen LogP contribution in [0.4, 0.5) is 5.69 Å². The van der Waals surface area contributed by atoms with Crippen LogP contribution in [0.15, 0.2) is 42.8 Å². The Bertz CT molecular complexity index is 1130. The number of nitrogens with one attached hydrogen (secondary N) is 1. The van der Waals surface area contributed by atoms with E-state index in [1.165, 1.54) is 18.9 Å². The summed E-state index contributed by atoms with van der Waals surface area (Å²) in [6.07, 6.45) is -0.637. The molecule has 0 saturated heterocycles. The topological polar surface area (TPSA) is 89.4 Å². The number of aromatic nitrogens is 3. The van der Waals surface area contributed by atoms with Crippen LogP contribution in [0, 0.1) is 0 Å². The standard InChI is InChI=1S/C19H15Br3N4O3S/c1-3-30-19-24-18-15(25-26-19)9-6-8(20)4-5-11(9)23-17(29-18)10-7-12(28-2)16(27)14(22)13(10)21/h4-7,17,23,27H,3H2,1-2H3/t17-/m0/s1. The predicted octanol–water partition coefficient (Wildman–Crippen LogP) is 6.16. The Kier molecular flexibility index (Phi) is 6.42. The molecule has 1 aromatic heterocycles. The van der Waals surface area contributed by atoms with Crippen LogP contribution in [0.1, 0.15) is 18.7 Å². The number of methoxy groups -OCH3 is 1. The van der Waals surface area contributed by atoms with Crippen molar-refractivity contribution in [1.82, 2.24) is 15.2 Å². The van der Waals surface area contributed by atoms with Crippen molar-refractivity contribution >= 4 is 65.2 Å². The first-order valence-electron chi connectivity index (χ1n) is 8.78. The van der Waals surface area contributed by atoms with Gasteiger partial charge in [-0.1, -0.05) is 34.6 Å². The molecule has 0 fully saturated rings. The van der Waals surface area contributed by atoms with E-state index in [9.17, 15) is 5.11 Å². The van der Waals surface area contributed by atoms with Gasteiger partial charge in [-0.05, 0) is 61.9 Å². The Balaban J connectivity index is 1.90. The Labute approximate surface area is 202 Å². The van der Waals surface area contributed by atoms with Crippen molar-refractivity contribution in [2.75, 3.05) is 18.2 Å². The lowest BCUT2D eigenvalue weighted by Crippen LogP contribution is -2.18. The van der Waals surface area contributed by atoms with Crippen molar-refractivity contribution in [3.63, 3.8) is 0 Å². The number of nitrogens with zero attached hydrogens (tertiary/aromatic N) is 3. The number of hydrogen-bond acceptors (Lipinski definition) is 8. The molecule has 1 aliphatic rings. The SMILES string of the molecule is CCSc1nnc2c(n1)O[C@@H](c1cc(OC)c(O)c(Br)c1Br)Nc1ccc(Br)cc1-2. The van der Waals surface area contributed by atoms with Crippen LogP contribution in [0.2, 0.25) is 0 Å². The van der Waals surface area contributed by atoms with Crippen LogP contribution in [0.3, 0.4) is 0 Å². The first kappa shape index (κ1) is 21.7. The van der Waals surface area contributed by atoms with Crippen LogP contribution < -0.4 is 14.8 Å². The lowest BCUT2D eigenvalue weighted by molar-refractivity contribution is 0.223. The fourth-order valence-corrected chi connectivity index (χ4v) is 4.76. The van der Waals surface area contributed by atoms with Gasteiger partial charge in [-0.15, -0.1) is 10.2 Å². The summed E-state index contributed by atoms with van der Waals surface area (Å²) in [4.78, 5) is 4.58. The third-order valence-electron chi connectivity index (χ3n) is 4.34. The number of anilines is 1. The number of rotatable bonds is 4. The summed E-state index contributed by atoms with van der Waals surface area (Å²) in [5.74, 6) is 1.49. The van der Waals surface area contributed by atoms with E-state index in [2.05, 4.69) is 68.3 Å². The minimum Gasteiger partial charge on any atom is -0.503 e. The van der Waals surface area contributed by atoms with Gasteiger partial charge in [0.25, 0.3) is 0 Å². The van der Waals surface area contributed by atoms with Gasteiger partial charge in [0.1, 0.15) is 0 Å². The van der Waals surface area contributed by atoms with Gasteiger partial charge in [-0.2, -0.15) is 4.98 Å². The van der Waals surface area contributed by atoms with Crippen LogP contribution in [-0.4, -0.2) is 33.2 Å². The molecule has 30 heavy (non-hydrogen) atoms. The molecule has 7 nitrogen and oxygen atoms in total. The molecule has 156 valence electrons. The van der Waals surface area contributed by atoms with Gasteiger partial charge in [0.05, 0.1) is 11.6 Å². The van der Waals surface area contributed by atoms with Gasteiger partial charge < -0.3 is 19.9 Å². The lowest BCUT2D eigenvalue weighted by Gasteiger charge is -2.22. The molecule has 3 aromatic rings. The summed E-state index contributed by atoms with van der Waals surface area (Å²) in [6.45, 7) is 2.02. The van der Waals surface area contributed by atoms with E-state index >= 15 is 0 Å². The molecule has 0 bridgehead atoms. The van der Waals surface area contributed by atoms with Gasteiger partial charge >= 0.3 is 0 Å². The average molecular weight is 619 g/mol. The highest BCUT2D eigenvalue weighted by Crippen LogP contribution is 2.47. The Hall–Kier alpha value is -1.56. The molecule has 0 aliphatic carbocycles. The highest BCUT2D eigenvalue weighted by molar-refractivity contribution is 9.13. The second-order valence-corrected chi connectivity index (χ2v) is 9.89.